The van der Waals surface area contributed by atoms with E-state index in [2.05, 4.69) is 5.10 Å². The van der Waals surface area contributed by atoms with E-state index in [1.54, 1.807) is 16.9 Å². The summed E-state index contributed by atoms with van der Waals surface area (Å²) in [6.07, 6.45) is 1.69. The first-order valence-corrected chi connectivity index (χ1v) is 7.38. The van der Waals surface area contributed by atoms with Gasteiger partial charge in [0.15, 0.2) is 0 Å². The average molecular weight is 302 g/mol. The molecule has 0 N–H and O–H groups in total. The summed E-state index contributed by atoms with van der Waals surface area (Å²) in [5.41, 5.74) is 2.74. The van der Waals surface area contributed by atoms with E-state index in [0.29, 0.717) is 22.3 Å². The van der Waals surface area contributed by atoms with Crippen molar-refractivity contribution in [1.29, 1.82) is 0 Å². The maximum atomic E-state index is 12.9. The van der Waals surface area contributed by atoms with Crippen LogP contribution in [0, 0.1) is 6.92 Å². The van der Waals surface area contributed by atoms with Crippen LogP contribution in [0.1, 0.15) is 5.76 Å². The second-order valence-corrected chi connectivity index (χ2v) is 5.32. The van der Waals surface area contributed by atoms with Gasteiger partial charge in [0.05, 0.1) is 28.5 Å². The predicted octanol–water partition coefficient (Wildman–Crippen LogP) is 3.95. The van der Waals surface area contributed by atoms with Crippen LogP contribution in [0.3, 0.4) is 0 Å². The van der Waals surface area contributed by atoms with E-state index in [-0.39, 0.29) is 5.43 Å². The zero-order valence-corrected chi connectivity index (χ0v) is 12.6. The maximum Gasteiger partial charge on any atom is 0.202 e. The van der Waals surface area contributed by atoms with Gasteiger partial charge in [-0.05, 0) is 37.3 Å². The minimum atomic E-state index is -0.0398. The van der Waals surface area contributed by atoms with E-state index in [0.717, 1.165) is 11.4 Å². The second kappa shape index (κ2) is 5.25. The standard InChI is InChI=1S/C19H14N2O2/c1-13-18(19(22)15-9-5-6-10-17(15)23-13)16-11-12-20-21(16)14-7-3-2-4-8-14/h2-12H,1H3. The van der Waals surface area contributed by atoms with E-state index in [1.165, 1.54) is 0 Å². The van der Waals surface area contributed by atoms with Gasteiger partial charge >= 0.3 is 0 Å². The van der Waals surface area contributed by atoms with E-state index < -0.39 is 0 Å². The Morgan fingerprint density at radius 2 is 1.70 bits per heavy atom. The quantitative estimate of drug-likeness (QED) is 0.563. The Bertz CT molecular complexity index is 1050. The molecule has 0 aliphatic heterocycles. The molecule has 0 unspecified atom stereocenters. The van der Waals surface area contributed by atoms with Gasteiger partial charge in [-0.15, -0.1) is 0 Å². The molecule has 0 saturated carbocycles. The highest BCUT2D eigenvalue weighted by Crippen LogP contribution is 2.25. The highest BCUT2D eigenvalue weighted by molar-refractivity contribution is 5.82. The lowest BCUT2D eigenvalue weighted by Crippen LogP contribution is -2.10. The third-order valence-corrected chi connectivity index (χ3v) is 3.87. The van der Waals surface area contributed by atoms with E-state index in [1.807, 2.05) is 61.5 Å². The first-order valence-electron chi connectivity index (χ1n) is 7.38. The van der Waals surface area contributed by atoms with Gasteiger partial charge in [0, 0.05) is 0 Å². The minimum absolute atomic E-state index is 0.0398. The van der Waals surface area contributed by atoms with Crippen LogP contribution in [0.15, 0.2) is 76.1 Å². The molecule has 23 heavy (non-hydrogen) atoms. The first-order chi connectivity index (χ1) is 11.3. The smallest absolute Gasteiger partial charge is 0.202 e. The molecule has 2 heterocycles. The molecule has 112 valence electrons. The van der Waals surface area contributed by atoms with Crippen molar-refractivity contribution < 1.29 is 4.42 Å². The molecular formula is C19H14N2O2. The van der Waals surface area contributed by atoms with Crippen molar-refractivity contribution in [1.82, 2.24) is 9.78 Å². The fourth-order valence-corrected chi connectivity index (χ4v) is 2.82. The monoisotopic (exact) mass is 302 g/mol. The second-order valence-electron chi connectivity index (χ2n) is 5.32. The molecule has 0 bridgehead atoms. The van der Waals surface area contributed by atoms with Crippen molar-refractivity contribution in [2.45, 2.75) is 6.92 Å². The number of aryl methyl sites for hydroxylation is 1. The predicted molar refractivity (Wildman–Crippen MR) is 89.8 cm³/mol. The molecule has 0 saturated heterocycles. The fraction of sp³-hybridized carbons (Fsp3) is 0.0526. The van der Waals surface area contributed by atoms with Gasteiger partial charge in [-0.2, -0.15) is 5.10 Å². The number of fused-ring (bicyclic) bond motifs is 1. The molecule has 0 fully saturated rings. The number of benzene rings is 2. The number of nitrogens with zero attached hydrogens (tertiary/aromatic N) is 2. The Balaban J connectivity index is 2.02. The maximum absolute atomic E-state index is 12.9. The minimum Gasteiger partial charge on any atom is -0.460 e. The third-order valence-electron chi connectivity index (χ3n) is 3.87. The molecule has 0 atom stereocenters. The summed E-state index contributed by atoms with van der Waals surface area (Å²) in [6.45, 7) is 1.81. The van der Waals surface area contributed by atoms with Crippen LogP contribution in [0.4, 0.5) is 0 Å². The van der Waals surface area contributed by atoms with Crippen molar-refractivity contribution >= 4 is 11.0 Å². The molecular weight excluding hydrogens is 288 g/mol. The van der Waals surface area contributed by atoms with Gasteiger partial charge in [0.2, 0.25) is 5.43 Å². The number of para-hydroxylation sites is 2. The number of aromatic nitrogens is 2. The first kappa shape index (κ1) is 13.5. The number of rotatable bonds is 2. The number of hydrogen-bond donors (Lipinski definition) is 0. The van der Waals surface area contributed by atoms with Gasteiger partial charge in [0.1, 0.15) is 11.3 Å². The van der Waals surface area contributed by atoms with Gasteiger partial charge in [-0.25, -0.2) is 4.68 Å². The zero-order chi connectivity index (χ0) is 15.8. The molecule has 4 rings (SSSR count). The Kier molecular flexibility index (Phi) is 3.08. The van der Waals surface area contributed by atoms with Crippen LogP contribution < -0.4 is 5.43 Å². The van der Waals surface area contributed by atoms with Crippen LogP contribution in [-0.4, -0.2) is 9.78 Å². The highest BCUT2D eigenvalue weighted by Gasteiger charge is 2.17. The Labute approximate surface area is 132 Å². The topological polar surface area (TPSA) is 48.0 Å². The Morgan fingerprint density at radius 1 is 0.957 bits per heavy atom. The Morgan fingerprint density at radius 3 is 2.52 bits per heavy atom. The summed E-state index contributed by atoms with van der Waals surface area (Å²) in [5.74, 6) is 0.589. The summed E-state index contributed by atoms with van der Waals surface area (Å²) < 4.78 is 7.61. The van der Waals surface area contributed by atoms with Gasteiger partial charge < -0.3 is 4.42 Å². The van der Waals surface area contributed by atoms with Gasteiger partial charge in [-0.3, -0.25) is 4.79 Å². The molecule has 4 heteroatoms. The highest BCUT2D eigenvalue weighted by atomic mass is 16.3. The molecule has 0 aliphatic carbocycles. The molecule has 0 radical (unpaired) electrons. The van der Waals surface area contributed by atoms with Crippen molar-refractivity contribution in [2.75, 3.05) is 0 Å². The fourth-order valence-electron chi connectivity index (χ4n) is 2.82. The SMILES string of the molecule is Cc1oc2ccccc2c(=O)c1-c1ccnn1-c1ccccc1. The molecule has 0 aliphatic rings. The van der Waals surface area contributed by atoms with E-state index in [9.17, 15) is 4.79 Å². The van der Waals surface area contributed by atoms with Crippen LogP contribution in [0.2, 0.25) is 0 Å². The molecule has 0 spiro atoms. The third kappa shape index (κ3) is 2.16. The summed E-state index contributed by atoms with van der Waals surface area (Å²) in [5, 5.41) is 4.94. The molecule has 2 aromatic carbocycles. The summed E-state index contributed by atoms with van der Waals surface area (Å²) in [7, 11) is 0. The molecule has 0 amide bonds. The van der Waals surface area contributed by atoms with E-state index in [4.69, 9.17) is 4.42 Å². The lowest BCUT2D eigenvalue weighted by atomic mass is 10.1. The van der Waals surface area contributed by atoms with Crippen LogP contribution in [-0.2, 0) is 0 Å². The van der Waals surface area contributed by atoms with Crippen molar-refractivity contribution in [3.8, 4) is 16.9 Å². The van der Waals surface area contributed by atoms with Crippen molar-refractivity contribution in [2.24, 2.45) is 0 Å². The molecule has 4 nitrogen and oxygen atoms in total. The van der Waals surface area contributed by atoms with Crippen LogP contribution in [0.5, 0.6) is 0 Å². The van der Waals surface area contributed by atoms with Crippen molar-refractivity contribution in [3.63, 3.8) is 0 Å². The lowest BCUT2D eigenvalue weighted by molar-refractivity contribution is 0.566. The largest absolute Gasteiger partial charge is 0.460 e. The van der Waals surface area contributed by atoms with Crippen LogP contribution >= 0.6 is 0 Å². The van der Waals surface area contributed by atoms with Crippen molar-refractivity contribution in [3.05, 3.63) is 82.8 Å². The summed E-state index contributed by atoms with van der Waals surface area (Å²) in [4.78, 5) is 12.9. The van der Waals surface area contributed by atoms with Crippen LogP contribution in [0.25, 0.3) is 27.9 Å². The summed E-state index contributed by atoms with van der Waals surface area (Å²) >= 11 is 0. The molecule has 4 aromatic rings. The summed E-state index contributed by atoms with van der Waals surface area (Å²) in [6, 6.07) is 18.9. The number of hydrogen-bond acceptors (Lipinski definition) is 3. The normalized spacial score (nSPS) is 11.0. The average Bonchev–Trinajstić information content (AvgIpc) is 3.05. The van der Waals surface area contributed by atoms with Gasteiger partial charge in [-0.1, -0.05) is 30.3 Å². The molecule has 2 aromatic heterocycles. The Hall–Kier alpha value is -3.14. The van der Waals surface area contributed by atoms with E-state index >= 15 is 0 Å². The van der Waals surface area contributed by atoms with Gasteiger partial charge in [0.25, 0.3) is 0 Å². The zero-order valence-electron chi connectivity index (χ0n) is 12.6. The lowest BCUT2D eigenvalue weighted by Gasteiger charge is -2.10.